The third kappa shape index (κ3) is 5.04. The molecule has 30 heavy (non-hydrogen) atoms. The first-order valence-corrected chi connectivity index (χ1v) is 10.4. The number of benzene rings is 1. The minimum atomic E-state index is -0.511. The van der Waals surface area contributed by atoms with Crippen molar-refractivity contribution in [3.05, 3.63) is 53.3 Å². The van der Waals surface area contributed by atoms with Gasteiger partial charge < -0.3 is 19.1 Å². The van der Waals surface area contributed by atoms with E-state index in [-0.39, 0.29) is 18.1 Å². The minimum Gasteiger partial charge on any atom is -0.495 e. The molecule has 0 fully saturated rings. The largest absolute Gasteiger partial charge is 0.495 e. The number of hydrogen-bond acceptors (Lipinski definition) is 5. The predicted octanol–water partition coefficient (Wildman–Crippen LogP) is 5.16. The van der Waals surface area contributed by atoms with Crippen molar-refractivity contribution in [2.24, 2.45) is 5.92 Å². The molecular weight excluding hydrogens is 380 g/mol. The lowest BCUT2D eigenvalue weighted by atomic mass is 9.86. The first kappa shape index (κ1) is 21.9. The first-order chi connectivity index (χ1) is 14.2. The van der Waals surface area contributed by atoms with Gasteiger partial charge in [0.15, 0.2) is 0 Å². The maximum absolute atomic E-state index is 12.8. The zero-order valence-electron chi connectivity index (χ0n) is 18.8. The first-order valence-electron chi connectivity index (χ1n) is 10.4. The Balaban J connectivity index is 1.78. The number of amides is 1. The molecule has 0 spiro atoms. The Hall–Kier alpha value is -2.76. The van der Waals surface area contributed by atoms with Crippen molar-refractivity contribution < 1.29 is 19.0 Å². The number of carbonyl (C=O) groups excluding carboxylic acids is 1. The third-order valence-electron chi connectivity index (χ3n) is 5.09. The molecule has 0 saturated heterocycles. The second kappa shape index (κ2) is 8.94. The van der Waals surface area contributed by atoms with Gasteiger partial charge in [0.2, 0.25) is 0 Å². The van der Waals surface area contributed by atoms with E-state index >= 15 is 0 Å². The summed E-state index contributed by atoms with van der Waals surface area (Å²) in [5, 5.41) is 0. The van der Waals surface area contributed by atoms with Gasteiger partial charge in [-0.25, -0.2) is 4.79 Å². The summed E-state index contributed by atoms with van der Waals surface area (Å²) in [6.07, 6.45) is 2.24. The molecule has 2 heterocycles. The van der Waals surface area contributed by atoms with E-state index in [4.69, 9.17) is 14.2 Å². The average molecular weight is 413 g/mol. The number of hydrogen-bond donors (Lipinski definition) is 0. The molecule has 1 amide bonds. The molecule has 0 saturated carbocycles. The maximum Gasteiger partial charge on any atom is 0.410 e. The Bertz CT molecular complexity index is 889. The van der Waals surface area contributed by atoms with Crippen LogP contribution in [0.1, 0.15) is 57.5 Å². The molecule has 0 radical (unpaired) electrons. The van der Waals surface area contributed by atoms with E-state index in [1.54, 1.807) is 13.3 Å². The Labute approximate surface area is 179 Å². The van der Waals surface area contributed by atoms with Gasteiger partial charge in [-0.1, -0.05) is 19.9 Å². The van der Waals surface area contributed by atoms with Crippen LogP contribution < -0.4 is 9.47 Å². The maximum atomic E-state index is 12.8. The molecule has 0 aliphatic carbocycles. The summed E-state index contributed by atoms with van der Waals surface area (Å²) in [5.41, 5.74) is 2.61. The number of aromatic nitrogens is 1. The highest BCUT2D eigenvalue weighted by atomic mass is 16.6. The molecule has 3 rings (SSSR count). The number of ether oxygens (including phenoxy) is 3. The van der Waals surface area contributed by atoms with Crippen LogP contribution in [0.2, 0.25) is 0 Å². The molecule has 1 aliphatic rings. The van der Waals surface area contributed by atoms with Gasteiger partial charge in [0.05, 0.1) is 13.2 Å². The van der Waals surface area contributed by atoms with Crippen LogP contribution in [0.3, 0.4) is 0 Å². The molecule has 1 aromatic heterocycles. The van der Waals surface area contributed by atoms with Crippen LogP contribution in [0.5, 0.6) is 11.5 Å². The average Bonchev–Trinajstić information content (AvgIpc) is 2.69. The fraction of sp³-hybridized carbons (Fsp3) is 0.500. The fourth-order valence-electron chi connectivity index (χ4n) is 3.84. The number of pyridine rings is 1. The van der Waals surface area contributed by atoms with Gasteiger partial charge in [-0.2, -0.15) is 0 Å². The molecule has 6 heteroatoms. The second-order valence-corrected chi connectivity index (χ2v) is 8.91. The quantitative estimate of drug-likeness (QED) is 0.679. The third-order valence-corrected chi connectivity index (χ3v) is 5.09. The molecule has 1 unspecified atom stereocenters. The topological polar surface area (TPSA) is 60.9 Å². The van der Waals surface area contributed by atoms with Crippen LogP contribution >= 0.6 is 0 Å². The fourth-order valence-corrected chi connectivity index (χ4v) is 3.84. The van der Waals surface area contributed by atoms with Crippen LogP contribution in [0, 0.1) is 5.92 Å². The second-order valence-electron chi connectivity index (χ2n) is 8.91. The Kier molecular flexibility index (Phi) is 6.54. The summed E-state index contributed by atoms with van der Waals surface area (Å²) >= 11 is 0. The van der Waals surface area contributed by atoms with E-state index < -0.39 is 5.60 Å². The molecule has 2 aromatic rings. The molecule has 0 bridgehead atoms. The number of nitrogens with zero attached hydrogens (tertiary/aromatic N) is 2. The zero-order valence-corrected chi connectivity index (χ0v) is 18.8. The number of rotatable bonds is 5. The number of carbonyl (C=O) groups is 1. The van der Waals surface area contributed by atoms with Crippen LogP contribution in [-0.2, 0) is 17.8 Å². The van der Waals surface area contributed by atoms with Crippen molar-refractivity contribution in [2.45, 2.75) is 59.3 Å². The summed E-state index contributed by atoms with van der Waals surface area (Å²) in [4.78, 5) is 19.0. The molecular formula is C24H32N2O4. The lowest BCUT2D eigenvalue weighted by Gasteiger charge is -2.40. The summed E-state index contributed by atoms with van der Waals surface area (Å²) in [6, 6.07) is 9.80. The van der Waals surface area contributed by atoms with E-state index in [1.165, 1.54) is 5.56 Å². The minimum absolute atomic E-state index is 0.0199. The Morgan fingerprint density at radius 2 is 2.03 bits per heavy atom. The standard InChI is InChI=1S/C24H32N2O4/c1-16(2)22-19-10-9-18(29-15-20-21(28-6)8-7-12-25-20)14-17(19)11-13-26(22)23(27)30-24(3,4)5/h7-10,12,14,16,22H,11,13,15H2,1-6H3. The lowest BCUT2D eigenvalue weighted by molar-refractivity contribution is 0.00876. The van der Waals surface area contributed by atoms with Gasteiger partial charge in [-0.05, 0) is 68.5 Å². The summed E-state index contributed by atoms with van der Waals surface area (Å²) in [5.74, 6) is 1.76. The lowest BCUT2D eigenvalue weighted by Crippen LogP contribution is -2.44. The monoisotopic (exact) mass is 412 g/mol. The van der Waals surface area contributed by atoms with Crippen molar-refractivity contribution in [2.75, 3.05) is 13.7 Å². The smallest absolute Gasteiger partial charge is 0.410 e. The summed E-state index contributed by atoms with van der Waals surface area (Å²) < 4.78 is 17.0. The SMILES string of the molecule is COc1cccnc1COc1ccc2c(c1)CCN(C(=O)OC(C)(C)C)C2C(C)C. The van der Waals surface area contributed by atoms with E-state index in [9.17, 15) is 4.79 Å². The van der Waals surface area contributed by atoms with Gasteiger partial charge in [0.1, 0.15) is 29.4 Å². The van der Waals surface area contributed by atoms with E-state index in [0.717, 1.165) is 23.4 Å². The van der Waals surface area contributed by atoms with Gasteiger partial charge in [0.25, 0.3) is 0 Å². The van der Waals surface area contributed by atoms with Crippen molar-refractivity contribution in [1.29, 1.82) is 0 Å². The normalized spacial score (nSPS) is 16.2. The van der Waals surface area contributed by atoms with Crippen molar-refractivity contribution in [3.8, 4) is 11.5 Å². The van der Waals surface area contributed by atoms with E-state index in [2.05, 4.69) is 31.0 Å². The highest BCUT2D eigenvalue weighted by Crippen LogP contribution is 2.37. The Morgan fingerprint density at radius 3 is 2.70 bits per heavy atom. The molecule has 6 nitrogen and oxygen atoms in total. The Morgan fingerprint density at radius 1 is 1.27 bits per heavy atom. The number of fused-ring (bicyclic) bond motifs is 1. The van der Waals surface area contributed by atoms with E-state index in [1.807, 2.05) is 43.9 Å². The van der Waals surface area contributed by atoms with Gasteiger partial charge in [-0.3, -0.25) is 4.98 Å². The van der Waals surface area contributed by atoms with Crippen LogP contribution in [0.25, 0.3) is 0 Å². The van der Waals surface area contributed by atoms with Gasteiger partial charge in [0, 0.05) is 12.7 Å². The number of methoxy groups -OCH3 is 1. The van der Waals surface area contributed by atoms with E-state index in [0.29, 0.717) is 18.9 Å². The van der Waals surface area contributed by atoms with Crippen molar-refractivity contribution in [3.63, 3.8) is 0 Å². The van der Waals surface area contributed by atoms with Crippen LogP contribution in [0.4, 0.5) is 4.79 Å². The predicted molar refractivity (Wildman–Crippen MR) is 116 cm³/mol. The zero-order chi connectivity index (χ0) is 21.9. The van der Waals surface area contributed by atoms with Crippen molar-refractivity contribution >= 4 is 6.09 Å². The molecule has 1 atom stereocenters. The summed E-state index contributed by atoms with van der Waals surface area (Å²) in [6.45, 7) is 10.9. The highest BCUT2D eigenvalue weighted by molar-refractivity contribution is 5.69. The summed E-state index contributed by atoms with van der Waals surface area (Å²) in [7, 11) is 1.63. The molecule has 162 valence electrons. The van der Waals surface area contributed by atoms with Gasteiger partial charge in [-0.15, -0.1) is 0 Å². The molecule has 1 aliphatic heterocycles. The van der Waals surface area contributed by atoms with Crippen LogP contribution in [0.15, 0.2) is 36.5 Å². The highest BCUT2D eigenvalue weighted by Gasteiger charge is 2.35. The van der Waals surface area contributed by atoms with Crippen molar-refractivity contribution in [1.82, 2.24) is 9.88 Å². The molecule has 1 aromatic carbocycles. The van der Waals surface area contributed by atoms with Crippen LogP contribution in [-0.4, -0.2) is 35.2 Å². The molecule has 0 N–H and O–H groups in total. The van der Waals surface area contributed by atoms with Gasteiger partial charge >= 0.3 is 6.09 Å².